The van der Waals surface area contributed by atoms with E-state index < -0.39 is 0 Å². The summed E-state index contributed by atoms with van der Waals surface area (Å²) in [5, 5.41) is 0. The van der Waals surface area contributed by atoms with Gasteiger partial charge in [0.25, 0.3) is 0 Å². The third kappa shape index (κ3) is 8.82. The van der Waals surface area contributed by atoms with Crippen molar-refractivity contribution in [1.29, 1.82) is 0 Å². The van der Waals surface area contributed by atoms with Gasteiger partial charge in [0.15, 0.2) is 0 Å². The van der Waals surface area contributed by atoms with Gasteiger partial charge in [0.05, 0.1) is 0 Å². The van der Waals surface area contributed by atoms with Crippen molar-refractivity contribution in [3.05, 3.63) is 0 Å². The average Bonchev–Trinajstić information content (AvgIpc) is 1.14. The van der Waals surface area contributed by atoms with Crippen LogP contribution in [0.3, 0.4) is 0 Å². The summed E-state index contributed by atoms with van der Waals surface area (Å²) in [7, 11) is 0. The van der Waals surface area contributed by atoms with Crippen LogP contribution in [0.1, 0.15) is 41.5 Å². The summed E-state index contributed by atoms with van der Waals surface area (Å²) in [6.45, 7) is 14.2. The first kappa shape index (κ1) is 9.82. The SMILES string of the molecule is C[C](C)(C)[SbH][C](C)(C)C. The fourth-order valence-corrected chi connectivity index (χ4v) is 7.55. The van der Waals surface area contributed by atoms with Crippen LogP contribution in [0.5, 0.6) is 0 Å². The van der Waals surface area contributed by atoms with Crippen LogP contribution in [0.15, 0.2) is 0 Å². The molecule has 0 aliphatic carbocycles. The molecule has 1 heteroatoms. The third-order valence-corrected chi connectivity index (χ3v) is 5.03. The van der Waals surface area contributed by atoms with Crippen molar-refractivity contribution in [1.82, 2.24) is 0 Å². The molecule has 0 spiro atoms. The van der Waals surface area contributed by atoms with Crippen LogP contribution in [0.2, 0.25) is 6.72 Å². The maximum absolute atomic E-state index is 2.37. The molecule has 0 heterocycles. The summed E-state index contributed by atoms with van der Waals surface area (Å²) >= 11 is -0.182. The first-order chi connectivity index (χ1) is 3.71. The van der Waals surface area contributed by atoms with Crippen LogP contribution in [0.4, 0.5) is 0 Å². The molecule has 0 aromatic carbocycles. The molecule has 0 fully saturated rings. The Morgan fingerprint density at radius 2 is 0.889 bits per heavy atom. The summed E-state index contributed by atoms with van der Waals surface area (Å²) in [6, 6.07) is 0. The zero-order valence-electron chi connectivity index (χ0n) is 7.50. The van der Waals surface area contributed by atoms with Crippen molar-refractivity contribution in [2.45, 2.75) is 48.3 Å². The molecule has 0 nitrogen and oxygen atoms in total. The van der Waals surface area contributed by atoms with E-state index in [0.717, 1.165) is 0 Å². The molecule has 0 radical (unpaired) electrons. The Bertz CT molecular complexity index is 69.7. The van der Waals surface area contributed by atoms with Gasteiger partial charge in [-0.2, -0.15) is 0 Å². The van der Waals surface area contributed by atoms with E-state index in [2.05, 4.69) is 41.5 Å². The molecule has 0 bridgehead atoms. The van der Waals surface area contributed by atoms with Crippen molar-refractivity contribution >= 4 is 21.6 Å². The van der Waals surface area contributed by atoms with Gasteiger partial charge >= 0.3 is 69.9 Å². The monoisotopic (exact) mass is 236 g/mol. The number of hydrogen-bond donors (Lipinski definition) is 0. The molecule has 9 heavy (non-hydrogen) atoms. The molecule has 0 atom stereocenters. The van der Waals surface area contributed by atoms with Crippen LogP contribution in [0.25, 0.3) is 0 Å². The maximum atomic E-state index is 2.37. The molecule has 0 unspecified atom stereocenters. The second-order valence-corrected chi connectivity index (χ2v) is 13.9. The van der Waals surface area contributed by atoms with Crippen molar-refractivity contribution < 1.29 is 0 Å². The van der Waals surface area contributed by atoms with Crippen molar-refractivity contribution in [2.75, 3.05) is 0 Å². The number of hydrogen-bond acceptors (Lipinski definition) is 0. The predicted molar refractivity (Wildman–Crippen MR) is 46.6 cm³/mol. The molecular formula is C8H19Sb. The first-order valence-corrected chi connectivity index (χ1v) is 6.35. The fourth-order valence-electron chi connectivity index (χ4n) is 1.12. The van der Waals surface area contributed by atoms with E-state index in [1.165, 1.54) is 0 Å². The molecule has 0 aromatic rings. The average molecular weight is 237 g/mol. The minimum absolute atomic E-state index is 0.182. The van der Waals surface area contributed by atoms with Crippen molar-refractivity contribution in [3.8, 4) is 0 Å². The topological polar surface area (TPSA) is 0 Å². The molecule has 56 valence electrons. The molecule has 0 aliphatic rings. The summed E-state index contributed by atoms with van der Waals surface area (Å²) in [5.74, 6) is 0. The van der Waals surface area contributed by atoms with Gasteiger partial charge in [-0.15, -0.1) is 0 Å². The van der Waals surface area contributed by atoms with Crippen LogP contribution >= 0.6 is 0 Å². The van der Waals surface area contributed by atoms with Crippen molar-refractivity contribution in [2.24, 2.45) is 0 Å². The van der Waals surface area contributed by atoms with Gasteiger partial charge in [-0.25, -0.2) is 0 Å². The van der Waals surface area contributed by atoms with Gasteiger partial charge in [-0.1, -0.05) is 0 Å². The zero-order chi connectivity index (χ0) is 7.71. The summed E-state index contributed by atoms with van der Waals surface area (Å²) in [4.78, 5) is 0. The normalized spacial score (nSPS) is 14.0. The molecule has 0 aliphatic heterocycles. The van der Waals surface area contributed by atoms with E-state index >= 15 is 0 Å². The van der Waals surface area contributed by atoms with E-state index in [1.54, 1.807) is 0 Å². The van der Waals surface area contributed by atoms with Gasteiger partial charge in [0, 0.05) is 0 Å². The van der Waals surface area contributed by atoms with Gasteiger partial charge in [-0.05, 0) is 0 Å². The Morgan fingerprint density at radius 3 is 0.889 bits per heavy atom. The fraction of sp³-hybridized carbons (Fsp3) is 1.00. The Morgan fingerprint density at radius 1 is 0.667 bits per heavy atom. The van der Waals surface area contributed by atoms with Gasteiger partial charge < -0.3 is 0 Å². The molecule has 0 amide bonds. The third-order valence-electron chi connectivity index (χ3n) is 0.750. The Balaban J connectivity index is 3.75. The first-order valence-electron chi connectivity index (χ1n) is 3.50. The van der Waals surface area contributed by atoms with Gasteiger partial charge in [-0.3, -0.25) is 0 Å². The zero-order valence-corrected chi connectivity index (χ0v) is 10.4. The van der Waals surface area contributed by atoms with Gasteiger partial charge in [0.1, 0.15) is 0 Å². The summed E-state index contributed by atoms with van der Waals surface area (Å²) < 4.78 is 1.31. The van der Waals surface area contributed by atoms with Crippen LogP contribution < -0.4 is 0 Å². The number of rotatable bonds is 0. The second kappa shape index (κ2) is 2.82. The second-order valence-electron chi connectivity index (χ2n) is 4.62. The van der Waals surface area contributed by atoms with Crippen LogP contribution in [-0.2, 0) is 0 Å². The minimum atomic E-state index is -0.182. The van der Waals surface area contributed by atoms with Crippen LogP contribution in [0, 0.1) is 0 Å². The van der Waals surface area contributed by atoms with E-state index in [-0.39, 0.29) is 21.6 Å². The van der Waals surface area contributed by atoms with E-state index in [4.69, 9.17) is 0 Å². The van der Waals surface area contributed by atoms with E-state index in [0.29, 0.717) is 6.72 Å². The van der Waals surface area contributed by atoms with Crippen LogP contribution in [-0.4, -0.2) is 21.6 Å². The summed E-state index contributed by atoms with van der Waals surface area (Å²) in [6.07, 6.45) is 0. The molecule has 0 saturated heterocycles. The van der Waals surface area contributed by atoms with Crippen molar-refractivity contribution in [3.63, 3.8) is 0 Å². The quantitative estimate of drug-likeness (QED) is 0.568. The molecule has 0 saturated carbocycles. The standard InChI is InChI=1S/2C4H9.Sb.H/c2*1-4(2)3;;/h2*1-3H3;;. The Hall–Kier alpha value is 0.818. The molecule has 0 N–H and O–H groups in total. The Labute approximate surface area is 69.9 Å². The van der Waals surface area contributed by atoms with Gasteiger partial charge in [0.2, 0.25) is 0 Å². The molecule has 0 aromatic heterocycles. The van der Waals surface area contributed by atoms with E-state index in [1.807, 2.05) is 0 Å². The molecular weight excluding hydrogens is 218 g/mol. The Kier molecular flexibility index (Phi) is 3.08. The van der Waals surface area contributed by atoms with E-state index in [9.17, 15) is 0 Å². The predicted octanol–water partition coefficient (Wildman–Crippen LogP) is 2.86. The summed E-state index contributed by atoms with van der Waals surface area (Å²) in [5.41, 5.74) is 0. The molecule has 0 rings (SSSR count).